The Balaban J connectivity index is 1.59. The molecule has 2 aromatic carbocycles. The van der Waals surface area contributed by atoms with E-state index < -0.39 is 24.8 Å². The number of benzene rings is 2. The molecule has 6 rings (SSSR count). The summed E-state index contributed by atoms with van der Waals surface area (Å²) in [5.41, 5.74) is 5.82. The van der Waals surface area contributed by atoms with Gasteiger partial charge in [-0.1, -0.05) is 41.5 Å². The van der Waals surface area contributed by atoms with Crippen LogP contribution >= 0.6 is 0 Å². The molecule has 8 heteroatoms. The van der Waals surface area contributed by atoms with Crippen molar-refractivity contribution in [3.63, 3.8) is 0 Å². The van der Waals surface area contributed by atoms with Gasteiger partial charge in [-0.25, -0.2) is 0 Å². The Morgan fingerprint density at radius 2 is 1.44 bits per heavy atom. The highest BCUT2D eigenvalue weighted by Crippen LogP contribution is 2.44. The van der Waals surface area contributed by atoms with Crippen LogP contribution < -0.4 is 0 Å². The van der Waals surface area contributed by atoms with Gasteiger partial charge >= 0.3 is 13.6 Å². The Labute approximate surface area is 206 Å². The molecule has 0 unspecified atom stereocenters. The SMILES string of the molecule is Cc1ccc2c(c1)CCC1=C/C(=C(/c3cc4c([nH]3)-c3ccc(C)cc3CC4)C(F)(F)F)[N+]([B-](F)F)=C12. The molecule has 0 fully saturated rings. The van der Waals surface area contributed by atoms with Crippen molar-refractivity contribution in [1.82, 2.24) is 4.98 Å². The Morgan fingerprint density at radius 3 is 2.11 bits per heavy atom. The van der Waals surface area contributed by atoms with E-state index in [9.17, 15) is 21.8 Å². The minimum atomic E-state index is -4.84. The van der Waals surface area contributed by atoms with Gasteiger partial charge in [-0.3, -0.25) is 0 Å². The highest BCUT2D eigenvalue weighted by atomic mass is 19.4. The van der Waals surface area contributed by atoms with Gasteiger partial charge < -0.3 is 18.1 Å². The first-order valence-electron chi connectivity index (χ1n) is 12.0. The van der Waals surface area contributed by atoms with E-state index in [0.717, 1.165) is 39.8 Å². The maximum Gasteiger partial charge on any atom is 0.609 e. The highest BCUT2D eigenvalue weighted by Gasteiger charge is 2.46. The molecular formula is C28H23BF5N2. The van der Waals surface area contributed by atoms with Gasteiger partial charge in [0.15, 0.2) is 11.4 Å². The van der Waals surface area contributed by atoms with Gasteiger partial charge in [0.05, 0.1) is 5.69 Å². The first-order chi connectivity index (χ1) is 17.1. The number of nitrogens with zero attached hydrogens (tertiary/aromatic N) is 1. The average molecular weight is 493 g/mol. The van der Waals surface area contributed by atoms with Crippen molar-refractivity contribution >= 4 is 18.7 Å². The molecule has 0 spiro atoms. The Morgan fingerprint density at radius 1 is 0.833 bits per heavy atom. The fourth-order valence-electron chi connectivity index (χ4n) is 5.84. The molecule has 2 aliphatic carbocycles. The average Bonchev–Trinajstić information content (AvgIpc) is 3.39. The number of aryl methyl sites for hydroxylation is 5. The first kappa shape index (κ1) is 23.0. The van der Waals surface area contributed by atoms with Gasteiger partial charge in [0.2, 0.25) is 0 Å². The largest absolute Gasteiger partial charge is 0.609 e. The molecule has 183 valence electrons. The van der Waals surface area contributed by atoms with Gasteiger partial charge in [0, 0.05) is 28.5 Å². The summed E-state index contributed by atoms with van der Waals surface area (Å²) in [5, 5.41) is 0. The smallest absolute Gasteiger partial charge is 0.433 e. The number of rotatable bonds is 2. The van der Waals surface area contributed by atoms with E-state index in [-0.39, 0.29) is 11.4 Å². The number of halogens is 5. The molecule has 3 aliphatic rings. The van der Waals surface area contributed by atoms with Crippen molar-refractivity contribution < 1.29 is 26.3 Å². The molecule has 3 aromatic rings. The summed E-state index contributed by atoms with van der Waals surface area (Å²) in [7, 11) is -3.12. The molecule has 0 bridgehead atoms. The van der Waals surface area contributed by atoms with Crippen LogP contribution in [0.1, 0.15) is 45.5 Å². The zero-order chi connectivity index (χ0) is 25.4. The summed E-state index contributed by atoms with van der Waals surface area (Å²) in [6.45, 7) is 3.89. The van der Waals surface area contributed by atoms with E-state index in [2.05, 4.69) is 4.98 Å². The van der Waals surface area contributed by atoms with Crippen LogP contribution in [-0.4, -0.2) is 28.8 Å². The Bertz CT molecular complexity index is 1520. The predicted molar refractivity (Wildman–Crippen MR) is 131 cm³/mol. The van der Waals surface area contributed by atoms with Crippen LogP contribution in [0.2, 0.25) is 0 Å². The fourth-order valence-corrected chi connectivity index (χ4v) is 5.84. The molecule has 36 heavy (non-hydrogen) atoms. The zero-order valence-corrected chi connectivity index (χ0v) is 19.9. The van der Waals surface area contributed by atoms with Crippen LogP contribution in [-0.2, 0) is 19.3 Å². The molecule has 1 aliphatic heterocycles. The molecular weight excluding hydrogens is 470 g/mol. The van der Waals surface area contributed by atoms with Crippen molar-refractivity contribution in [2.45, 2.75) is 45.7 Å². The number of hydrogen-bond acceptors (Lipinski definition) is 0. The van der Waals surface area contributed by atoms with Gasteiger partial charge in [-0.05, 0) is 68.4 Å². The zero-order valence-electron chi connectivity index (χ0n) is 19.9. The second-order valence-corrected chi connectivity index (χ2v) is 9.83. The summed E-state index contributed by atoms with van der Waals surface area (Å²) in [6, 6.07) is 12.8. The van der Waals surface area contributed by atoms with Crippen molar-refractivity contribution in [1.29, 1.82) is 0 Å². The maximum atomic E-state index is 14.6. The molecule has 0 saturated carbocycles. The highest BCUT2D eigenvalue weighted by molar-refractivity contribution is 6.36. The lowest BCUT2D eigenvalue weighted by Gasteiger charge is -2.21. The summed E-state index contributed by atoms with van der Waals surface area (Å²) in [4.78, 5) is 2.97. The minimum absolute atomic E-state index is 0.179. The van der Waals surface area contributed by atoms with E-state index in [1.54, 1.807) is 6.07 Å². The third kappa shape index (κ3) is 3.57. The topological polar surface area (TPSA) is 18.8 Å². The van der Waals surface area contributed by atoms with Crippen LogP contribution in [0.25, 0.3) is 16.8 Å². The third-order valence-electron chi connectivity index (χ3n) is 7.39. The van der Waals surface area contributed by atoms with Crippen molar-refractivity contribution in [2.75, 3.05) is 0 Å². The van der Waals surface area contributed by atoms with Gasteiger partial charge in [-0.15, -0.1) is 0 Å². The number of hydrogen-bond donors (Lipinski definition) is 1. The number of aromatic amines is 1. The molecule has 0 atom stereocenters. The van der Waals surface area contributed by atoms with E-state index in [1.165, 1.54) is 12.1 Å². The van der Waals surface area contributed by atoms with Crippen LogP contribution in [0.4, 0.5) is 21.8 Å². The van der Waals surface area contributed by atoms with Gasteiger partial charge in [0.25, 0.3) is 0 Å². The molecule has 1 N–H and O–H groups in total. The normalized spacial score (nSPS) is 18.1. The Kier molecular flexibility index (Phi) is 5.15. The number of alkyl halides is 3. The van der Waals surface area contributed by atoms with E-state index >= 15 is 0 Å². The first-order valence-corrected chi connectivity index (χ1v) is 12.0. The van der Waals surface area contributed by atoms with Crippen molar-refractivity contribution in [2.24, 2.45) is 0 Å². The van der Waals surface area contributed by atoms with E-state index in [1.807, 2.05) is 44.2 Å². The monoisotopic (exact) mass is 493 g/mol. The number of fused-ring (bicyclic) bond motifs is 6. The van der Waals surface area contributed by atoms with Crippen molar-refractivity contribution in [3.05, 3.63) is 98.9 Å². The molecule has 2 nitrogen and oxygen atoms in total. The summed E-state index contributed by atoms with van der Waals surface area (Å²) in [5.74, 6) is 0. The molecule has 0 amide bonds. The summed E-state index contributed by atoms with van der Waals surface area (Å²) < 4.78 is 73.6. The van der Waals surface area contributed by atoms with Crippen LogP contribution in [0.5, 0.6) is 0 Å². The number of H-pyrrole nitrogens is 1. The maximum absolute atomic E-state index is 14.6. The number of allylic oxidation sites excluding steroid dienone is 3. The second kappa shape index (κ2) is 8.05. The second-order valence-electron chi connectivity index (χ2n) is 9.83. The standard InChI is InChI=1S/C28H23BF5N2/c1-15-3-9-21-17(11-15)5-7-19-13-23(35-26(19)21)25(28(30,31)32)24-14-20-8-6-18-12-16(2)4-10-22(18)27(20)36(24)29(33)34/h3-4,9-14,35H,5-8H2,1-2H3/b25-24+. The lowest BCUT2D eigenvalue weighted by atomic mass is 9.85. The molecule has 1 aromatic heterocycles. The number of aromatic nitrogens is 1. The van der Waals surface area contributed by atoms with E-state index in [0.29, 0.717) is 40.6 Å². The van der Waals surface area contributed by atoms with Crippen LogP contribution in [0.15, 0.2) is 59.8 Å². The number of nitrogens with one attached hydrogen (secondary N) is 1. The fraction of sp³-hybridized carbons (Fsp3) is 0.250. The molecule has 1 radical (unpaired) electrons. The van der Waals surface area contributed by atoms with Crippen LogP contribution in [0, 0.1) is 13.8 Å². The van der Waals surface area contributed by atoms with Crippen LogP contribution in [0.3, 0.4) is 0 Å². The predicted octanol–water partition coefficient (Wildman–Crippen LogP) is 6.98. The van der Waals surface area contributed by atoms with Crippen molar-refractivity contribution in [3.8, 4) is 11.3 Å². The molecule has 0 saturated heterocycles. The molecule has 2 heterocycles. The van der Waals surface area contributed by atoms with Gasteiger partial charge in [0.1, 0.15) is 5.57 Å². The minimum Gasteiger partial charge on any atom is -0.433 e. The third-order valence-corrected chi connectivity index (χ3v) is 7.39. The quantitative estimate of drug-likeness (QED) is 0.294. The lowest BCUT2D eigenvalue weighted by molar-refractivity contribution is -0.342. The van der Waals surface area contributed by atoms with Gasteiger partial charge in [-0.2, -0.15) is 13.2 Å². The summed E-state index contributed by atoms with van der Waals surface area (Å²) in [6.07, 6.45) is -1.20. The Hall–Kier alpha value is -3.42. The summed E-state index contributed by atoms with van der Waals surface area (Å²) >= 11 is 0. The lowest BCUT2D eigenvalue weighted by Crippen LogP contribution is -2.30. The van der Waals surface area contributed by atoms with E-state index in [4.69, 9.17) is 0 Å².